The standard InChI is InChI=1S/C10H19N3O3/c1-7(14)13-8(4-2-3-5-11)9(15)6-10(12)16/h8H,2-6,11H2,1H3,(H2,12,16)(H,13,14)/t8-/m0/s1. The van der Waals surface area contributed by atoms with Gasteiger partial charge in [0.15, 0.2) is 5.78 Å². The first-order valence-electron chi connectivity index (χ1n) is 5.25. The number of primary amides is 1. The van der Waals surface area contributed by atoms with Crippen molar-refractivity contribution < 1.29 is 14.4 Å². The third kappa shape index (κ3) is 6.94. The molecule has 5 N–H and O–H groups in total. The van der Waals surface area contributed by atoms with Crippen LogP contribution < -0.4 is 16.8 Å². The summed E-state index contributed by atoms with van der Waals surface area (Å²) in [6.07, 6.45) is 1.66. The van der Waals surface area contributed by atoms with E-state index in [4.69, 9.17) is 11.5 Å². The molecule has 0 aliphatic heterocycles. The molecule has 1 atom stereocenters. The average Bonchev–Trinajstić information content (AvgIpc) is 2.14. The Labute approximate surface area is 94.7 Å². The van der Waals surface area contributed by atoms with Gasteiger partial charge in [0.2, 0.25) is 11.8 Å². The topological polar surface area (TPSA) is 115 Å². The lowest BCUT2D eigenvalue weighted by Crippen LogP contribution is -2.41. The van der Waals surface area contributed by atoms with Crippen molar-refractivity contribution in [1.29, 1.82) is 0 Å². The van der Waals surface area contributed by atoms with Gasteiger partial charge in [-0.15, -0.1) is 0 Å². The highest BCUT2D eigenvalue weighted by molar-refractivity contribution is 6.01. The first-order valence-corrected chi connectivity index (χ1v) is 5.25. The van der Waals surface area contributed by atoms with Crippen molar-refractivity contribution in [3.05, 3.63) is 0 Å². The normalized spacial score (nSPS) is 11.9. The molecule has 0 unspecified atom stereocenters. The van der Waals surface area contributed by atoms with Gasteiger partial charge < -0.3 is 16.8 Å². The van der Waals surface area contributed by atoms with E-state index in [0.717, 1.165) is 12.8 Å². The Kier molecular flexibility index (Phi) is 7.11. The minimum Gasteiger partial charge on any atom is -0.369 e. The van der Waals surface area contributed by atoms with Crippen LogP contribution in [0, 0.1) is 0 Å². The zero-order valence-corrected chi connectivity index (χ0v) is 9.49. The minimum absolute atomic E-state index is 0.296. The zero-order chi connectivity index (χ0) is 12.6. The minimum atomic E-state index is -0.681. The molecule has 0 aromatic heterocycles. The summed E-state index contributed by atoms with van der Waals surface area (Å²) in [5.74, 6) is -1.32. The second-order valence-electron chi connectivity index (χ2n) is 3.65. The molecule has 6 heteroatoms. The maximum atomic E-state index is 11.5. The molecule has 0 aromatic rings. The maximum absolute atomic E-state index is 11.5. The highest BCUT2D eigenvalue weighted by atomic mass is 16.2. The summed E-state index contributed by atoms with van der Waals surface area (Å²) in [5.41, 5.74) is 10.3. The van der Waals surface area contributed by atoms with E-state index in [0.29, 0.717) is 13.0 Å². The van der Waals surface area contributed by atoms with Crippen LogP contribution in [0.25, 0.3) is 0 Å². The first-order chi connectivity index (χ1) is 7.47. The van der Waals surface area contributed by atoms with E-state index in [2.05, 4.69) is 5.32 Å². The number of carbonyl (C=O) groups is 3. The van der Waals surface area contributed by atoms with E-state index >= 15 is 0 Å². The number of nitrogens with one attached hydrogen (secondary N) is 1. The molecule has 0 saturated heterocycles. The smallest absolute Gasteiger partial charge is 0.224 e. The fourth-order valence-electron chi connectivity index (χ4n) is 1.35. The van der Waals surface area contributed by atoms with Gasteiger partial charge in [-0.25, -0.2) is 0 Å². The second kappa shape index (κ2) is 7.81. The van der Waals surface area contributed by atoms with Gasteiger partial charge in [-0.2, -0.15) is 0 Å². The van der Waals surface area contributed by atoms with Gasteiger partial charge in [-0.05, 0) is 25.8 Å². The number of ketones is 1. The first kappa shape index (κ1) is 14.6. The van der Waals surface area contributed by atoms with Crippen LogP contribution in [0.2, 0.25) is 0 Å². The largest absolute Gasteiger partial charge is 0.369 e. The Bertz CT molecular complexity index is 266. The highest BCUT2D eigenvalue weighted by Crippen LogP contribution is 2.03. The van der Waals surface area contributed by atoms with Gasteiger partial charge in [0.25, 0.3) is 0 Å². The molecule has 6 nitrogen and oxygen atoms in total. The van der Waals surface area contributed by atoms with E-state index in [1.807, 2.05) is 0 Å². The number of amides is 2. The van der Waals surface area contributed by atoms with E-state index in [9.17, 15) is 14.4 Å². The highest BCUT2D eigenvalue weighted by Gasteiger charge is 2.20. The molecule has 0 heterocycles. The van der Waals surface area contributed by atoms with Crippen molar-refractivity contribution in [2.24, 2.45) is 11.5 Å². The van der Waals surface area contributed by atoms with Crippen LogP contribution in [0.1, 0.15) is 32.6 Å². The molecule has 0 fully saturated rings. The third-order valence-corrected chi connectivity index (χ3v) is 2.06. The number of nitrogens with two attached hydrogens (primary N) is 2. The van der Waals surface area contributed by atoms with Gasteiger partial charge in [0.1, 0.15) is 0 Å². The van der Waals surface area contributed by atoms with E-state index in [1.54, 1.807) is 0 Å². The summed E-state index contributed by atoms with van der Waals surface area (Å²) < 4.78 is 0. The summed E-state index contributed by atoms with van der Waals surface area (Å²) in [6, 6.07) is -0.628. The van der Waals surface area contributed by atoms with Gasteiger partial charge in [-0.3, -0.25) is 14.4 Å². The predicted octanol–water partition coefficient (Wildman–Crippen LogP) is -0.935. The molecule has 16 heavy (non-hydrogen) atoms. The number of unbranched alkanes of at least 4 members (excludes halogenated alkanes) is 1. The number of hydrogen-bond donors (Lipinski definition) is 3. The lowest BCUT2D eigenvalue weighted by Gasteiger charge is -2.15. The Balaban J connectivity index is 4.23. The molecule has 0 aliphatic rings. The van der Waals surface area contributed by atoms with Gasteiger partial charge in [0, 0.05) is 6.92 Å². The van der Waals surface area contributed by atoms with Crippen LogP contribution >= 0.6 is 0 Å². The number of rotatable bonds is 8. The van der Waals surface area contributed by atoms with Gasteiger partial charge in [-0.1, -0.05) is 0 Å². The SMILES string of the molecule is CC(=O)N[C@@H](CCCCN)C(=O)CC(N)=O. The van der Waals surface area contributed by atoms with E-state index in [-0.39, 0.29) is 18.1 Å². The summed E-state index contributed by atoms with van der Waals surface area (Å²) in [6.45, 7) is 1.87. The van der Waals surface area contributed by atoms with Crippen LogP contribution in [-0.4, -0.2) is 30.2 Å². The number of hydrogen-bond acceptors (Lipinski definition) is 4. The Hall–Kier alpha value is -1.43. The summed E-state index contributed by atoms with van der Waals surface area (Å²) >= 11 is 0. The zero-order valence-electron chi connectivity index (χ0n) is 9.49. The lowest BCUT2D eigenvalue weighted by molar-refractivity contribution is -0.130. The Morgan fingerprint density at radius 2 is 1.88 bits per heavy atom. The Morgan fingerprint density at radius 3 is 2.31 bits per heavy atom. The second-order valence-corrected chi connectivity index (χ2v) is 3.65. The maximum Gasteiger partial charge on any atom is 0.224 e. The van der Waals surface area contributed by atoms with Gasteiger partial charge >= 0.3 is 0 Å². The van der Waals surface area contributed by atoms with Crippen LogP contribution in [0.4, 0.5) is 0 Å². The molecule has 0 aromatic carbocycles. The molecule has 92 valence electrons. The summed E-state index contributed by atoms with van der Waals surface area (Å²) in [4.78, 5) is 33.0. The van der Waals surface area contributed by atoms with Crippen molar-refractivity contribution in [1.82, 2.24) is 5.32 Å². The van der Waals surface area contributed by atoms with Crippen molar-refractivity contribution >= 4 is 17.6 Å². The average molecular weight is 229 g/mol. The fraction of sp³-hybridized carbons (Fsp3) is 0.700. The van der Waals surface area contributed by atoms with Gasteiger partial charge in [0.05, 0.1) is 12.5 Å². The molecule has 0 bridgehead atoms. The molecule has 0 rings (SSSR count). The molecule has 2 amide bonds. The third-order valence-electron chi connectivity index (χ3n) is 2.06. The molecule has 0 radical (unpaired) electrons. The van der Waals surface area contributed by atoms with Crippen molar-refractivity contribution in [3.63, 3.8) is 0 Å². The van der Waals surface area contributed by atoms with Crippen LogP contribution in [0.15, 0.2) is 0 Å². The quantitative estimate of drug-likeness (QED) is 0.368. The van der Waals surface area contributed by atoms with E-state index in [1.165, 1.54) is 6.92 Å². The molecular weight excluding hydrogens is 210 g/mol. The summed E-state index contributed by atoms with van der Waals surface area (Å²) in [5, 5.41) is 2.51. The van der Waals surface area contributed by atoms with Crippen LogP contribution in [0.3, 0.4) is 0 Å². The lowest BCUT2D eigenvalue weighted by atomic mass is 10.0. The Morgan fingerprint density at radius 1 is 1.25 bits per heavy atom. The van der Waals surface area contributed by atoms with E-state index < -0.39 is 11.9 Å². The van der Waals surface area contributed by atoms with Crippen LogP contribution in [-0.2, 0) is 14.4 Å². The fourth-order valence-corrected chi connectivity index (χ4v) is 1.35. The molecule has 0 spiro atoms. The van der Waals surface area contributed by atoms with Crippen molar-refractivity contribution in [2.75, 3.05) is 6.54 Å². The molecular formula is C10H19N3O3. The molecule has 0 aliphatic carbocycles. The number of carbonyl (C=O) groups excluding carboxylic acids is 3. The monoisotopic (exact) mass is 229 g/mol. The summed E-state index contributed by atoms with van der Waals surface area (Å²) in [7, 11) is 0. The van der Waals surface area contributed by atoms with Crippen molar-refractivity contribution in [3.8, 4) is 0 Å². The number of Topliss-reactive ketones (excluding diaryl/α,β-unsaturated/α-hetero) is 1. The van der Waals surface area contributed by atoms with Crippen LogP contribution in [0.5, 0.6) is 0 Å². The van der Waals surface area contributed by atoms with Crippen molar-refractivity contribution in [2.45, 2.75) is 38.6 Å². The predicted molar refractivity (Wildman–Crippen MR) is 59.3 cm³/mol. The molecule has 0 saturated carbocycles.